The summed E-state index contributed by atoms with van der Waals surface area (Å²) in [5.74, 6) is -0.801. The molecule has 0 saturated heterocycles. The summed E-state index contributed by atoms with van der Waals surface area (Å²) in [6, 6.07) is 3.90. The maximum absolute atomic E-state index is 12.8. The van der Waals surface area contributed by atoms with E-state index < -0.39 is 11.6 Å². The molecule has 1 rings (SSSR count). The van der Waals surface area contributed by atoms with Gasteiger partial charge in [0.15, 0.2) is 11.6 Å². The molecule has 2 N–H and O–H groups in total. The smallest absolute Gasteiger partial charge is 0.159 e. The fraction of sp³-hybridized carbons (Fsp3) is 0.400. The van der Waals surface area contributed by atoms with Crippen LogP contribution in [0.5, 0.6) is 0 Å². The number of hydrogen-bond donors (Lipinski definition) is 1. The van der Waals surface area contributed by atoms with Crippen molar-refractivity contribution in [3.63, 3.8) is 0 Å². The third-order valence-electron chi connectivity index (χ3n) is 1.86. The van der Waals surface area contributed by atoms with E-state index >= 15 is 0 Å². The minimum absolute atomic E-state index is 0.00476. The molecule has 0 aliphatic heterocycles. The highest BCUT2D eigenvalue weighted by Gasteiger charge is 2.06. The fourth-order valence-electron chi connectivity index (χ4n) is 1.24. The third kappa shape index (κ3) is 3.27. The van der Waals surface area contributed by atoms with Crippen LogP contribution < -0.4 is 5.73 Å². The van der Waals surface area contributed by atoms with Gasteiger partial charge in [-0.3, -0.25) is 0 Å². The number of hydrogen-bond acceptors (Lipinski definition) is 2. The summed E-state index contributed by atoms with van der Waals surface area (Å²) in [6.45, 7) is 0. The summed E-state index contributed by atoms with van der Waals surface area (Å²) < 4.78 is 25.4. The normalized spacial score (nSPS) is 12.9. The van der Waals surface area contributed by atoms with Crippen LogP contribution in [0.3, 0.4) is 0 Å². The Morgan fingerprint density at radius 1 is 1.36 bits per heavy atom. The molecule has 4 heteroatoms. The van der Waals surface area contributed by atoms with E-state index in [4.69, 9.17) is 5.73 Å². The Hall–Kier alpha value is -0.610. The molecule has 14 heavy (non-hydrogen) atoms. The first-order chi connectivity index (χ1) is 6.63. The van der Waals surface area contributed by atoms with Gasteiger partial charge in [-0.05, 0) is 30.4 Å². The van der Waals surface area contributed by atoms with E-state index in [0.29, 0.717) is 6.42 Å². The molecule has 0 bridgehead atoms. The van der Waals surface area contributed by atoms with Crippen LogP contribution in [0.2, 0.25) is 0 Å². The summed E-state index contributed by atoms with van der Waals surface area (Å²) in [6.07, 6.45) is 2.54. The Kier molecular flexibility index (Phi) is 4.35. The fourth-order valence-corrected chi connectivity index (χ4v) is 1.79. The van der Waals surface area contributed by atoms with Crippen molar-refractivity contribution in [2.75, 3.05) is 12.0 Å². The molecule has 0 saturated carbocycles. The van der Waals surface area contributed by atoms with Gasteiger partial charge >= 0.3 is 0 Å². The van der Waals surface area contributed by atoms with E-state index in [1.54, 1.807) is 17.8 Å². The lowest BCUT2D eigenvalue weighted by atomic mass is 10.1. The van der Waals surface area contributed by atoms with Crippen molar-refractivity contribution in [3.8, 4) is 0 Å². The van der Waals surface area contributed by atoms with E-state index in [1.807, 2.05) is 6.26 Å². The quantitative estimate of drug-likeness (QED) is 0.836. The van der Waals surface area contributed by atoms with Gasteiger partial charge in [-0.2, -0.15) is 11.8 Å². The first-order valence-corrected chi connectivity index (χ1v) is 5.71. The Morgan fingerprint density at radius 3 is 2.64 bits per heavy atom. The van der Waals surface area contributed by atoms with Gasteiger partial charge < -0.3 is 5.73 Å². The zero-order valence-electron chi connectivity index (χ0n) is 7.97. The van der Waals surface area contributed by atoms with Crippen LogP contribution >= 0.6 is 11.8 Å². The standard InChI is InChI=1S/C10H13F2NS/c1-14-6-8(13)4-7-2-3-9(11)10(12)5-7/h2-3,5,8H,4,6,13H2,1H3. The van der Waals surface area contributed by atoms with Crippen molar-refractivity contribution >= 4 is 11.8 Å². The zero-order chi connectivity index (χ0) is 10.6. The SMILES string of the molecule is CSCC(N)Cc1ccc(F)c(F)c1. The lowest BCUT2D eigenvalue weighted by molar-refractivity contribution is 0.506. The molecule has 1 atom stereocenters. The average molecular weight is 217 g/mol. The van der Waals surface area contributed by atoms with Crippen LogP contribution in [0.25, 0.3) is 0 Å². The Labute approximate surface area is 86.7 Å². The minimum Gasteiger partial charge on any atom is -0.327 e. The van der Waals surface area contributed by atoms with Crippen LogP contribution in [0.4, 0.5) is 8.78 Å². The first-order valence-electron chi connectivity index (χ1n) is 4.32. The Morgan fingerprint density at radius 2 is 2.07 bits per heavy atom. The van der Waals surface area contributed by atoms with Gasteiger partial charge in [0.1, 0.15) is 0 Å². The van der Waals surface area contributed by atoms with Gasteiger partial charge in [-0.25, -0.2) is 8.78 Å². The summed E-state index contributed by atoms with van der Waals surface area (Å²) in [4.78, 5) is 0. The van der Waals surface area contributed by atoms with Crippen molar-refractivity contribution in [1.82, 2.24) is 0 Å². The van der Waals surface area contributed by atoms with Gasteiger partial charge in [0.2, 0.25) is 0 Å². The predicted molar refractivity (Wildman–Crippen MR) is 56.4 cm³/mol. The monoisotopic (exact) mass is 217 g/mol. The molecule has 0 fully saturated rings. The minimum atomic E-state index is -0.813. The topological polar surface area (TPSA) is 26.0 Å². The molecule has 1 nitrogen and oxygen atoms in total. The van der Waals surface area contributed by atoms with Crippen molar-refractivity contribution in [2.24, 2.45) is 5.73 Å². The molecule has 0 aliphatic rings. The van der Waals surface area contributed by atoms with E-state index in [1.165, 1.54) is 6.07 Å². The van der Waals surface area contributed by atoms with E-state index in [0.717, 1.165) is 17.4 Å². The zero-order valence-corrected chi connectivity index (χ0v) is 8.78. The van der Waals surface area contributed by atoms with Gasteiger partial charge in [0.05, 0.1) is 0 Å². The second-order valence-electron chi connectivity index (χ2n) is 3.17. The lowest BCUT2D eigenvalue weighted by Gasteiger charge is -2.09. The molecule has 0 aliphatic carbocycles. The summed E-state index contributed by atoms with van der Waals surface area (Å²) in [7, 11) is 0. The molecule has 1 aromatic rings. The molecule has 1 aromatic carbocycles. The summed E-state index contributed by atoms with van der Waals surface area (Å²) >= 11 is 1.64. The van der Waals surface area contributed by atoms with Crippen LogP contribution in [-0.4, -0.2) is 18.1 Å². The number of halogens is 2. The van der Waals surface area contributed by atoms with Gasteiger partial charge in [0.25, 0.3) is 0 Å². The first kappa shape index (κ1) is 11.5. The number of benzene rings is 1. The highest BCUT2D eigenvalue weighted by atomic mass is 32.2. The largest absolute Gasteiger partial charge is 0.327 e. The number of rotatable bonds is 4. The maximum Gasteiger partial charge on any atom is 0.159 e. The van der Waals surface area contributed by atoms with Gasteiger partial charge in [0, 0.05) is 11.8 Å². The van der Waals surface area contributed by atoms with Crippen LogP contribution in [0, 0.1) is 11.6 Å². The average Bonchev–Trinajstić information content (AvgIpc) is 2.12. The van der Waals surface area contributed by atoms with Crippen LogP contribution in [0.1, 0.15) is 5.56 Å². The molecule has 0 radical (unpaired) electrons. The molecule has 1 unspecified atom stereocenters. The summed E-state index contributed by atoms with van der Waals surface area (Å²) in [5, 5.41) is 0. The van der Waals surface area contributed by atoms with Gasteiger partial charge in [-0.1, -0.05) is 6.07 Å². The van der Waals surface area contributed by atoms with E-state index in [-0.39, 0.29) is 6.04 Å². The third-order valence-corrected chi connectivity index (χ3v) is 2.62. The number of thioether (sulfide) groups is 1. The highest BCUT2D eigenvalue weighted by molar-refractivity contribution is 7.98. The molecule has 78 valence electrons. The highest BCUT2D eigenvalue weighted by Crippen LogP contribution is 2.11. The molecule has 0 aromatic heterocycles. The molecule has 0 heterocycles. The molecule has 0 amide bonds. The van der Waals surface area contributed by atoms with Crippen molar-refractivity contribution < 1.29 is 8.78 Å². The summed E-state index contributed by atoms with van der Waals surface area (Å²) in [5.41, 5.74) is 6.51. The van der Waals surface area contributed by atoms with Gasteiger partial charge in [-0.15, -0.1) is 0 Å². The second-order valence-corrected chi connectivity index (χ2v) is 4.08. The Balaban J connectivity index is 2.63. The Bertz CT molecular complexity index is 304. The lowest BCUT2D eigenvalue weighted by Crippen LogP contribution is -2.25. The van der Waals surface area contributed by atoms with E-state index in [9.17, 15) is 8.78 Å². The molecular weight excluding hydrogens is 204 g/mol. The number of nitrogens with two attached hydrogens (primary N) is 1. The van der Waals surface area contributed by atoms with Crippen molar-refractivity contribution in [3.05, 3.63) is 35.4 Å². The van der Waals surface area contributed by atoms with Crippen molar-refractivity contribution in [1.29, 1.82) is 0 Å². The predicted octanol–water partition coefficient (Wildman–Crippen LogP) is 2.20. The molecule has 0 spiro atoms. The maximum atomic E-state index is 12.8. The van der Waals surface area contributed by atoms with Crippen LogP contribution in [0.15, 0.2) is 18.2 Å². The van der Waals surface area contributed by atoms with Crippen molar-refractivity contribution in [2.45, 2.75) is 12.5 Å². The van der Waals surface area contributed by atoms with Crippen LogP contribution in [-0.2, 0) is 6.42 Å². The molecular formula is C10H13F2NS. The second kappa shape index (κ2) is 5.32. The van der Waals surface area contributed by atoms with E-state index in [2.05, 4.69) is 0 Å².